The minimum absolute atomic E-state index is 0.241. The summed E-state index contributed by atoms with van der Waals surface area (Å²) in [4.78, 5) is 20.8. The smallest absolute Gasteiger partial charge is 0.335 e. The number of hydrogen-bond acceptors (Lipinski definition) is 5. The van der Waals surface area contributed by atoms with Gasteiger partial charge in [0.15, 0.2) is 5.82 Å². The van der Waals surface area contributed by atoms with E-state index in [1.54, 1.807) is 0 Å². The fourth-order valence-electron chi connectivity index (χ4n) is 1.44. The van der Waals surface area contributed by atoms with Crippen LogP contribution in [-0.4, -0.2) is 29.7 Å². The maximum absolute atomic E-state index is 13.6. The zero-order valence-electron chi connectivity index (χ0n) is 10.2. The zero-order chi connectivity index (χ0) is 15.6. The molecule has 21 heavy (non-hydrogen) atoms. The van der Waals surface area contributed by atoms with Crippen LogP contribution in [0.4, 0.5) is 10.2 Å². The van der Waals surface area contributed by atoms with Crippen LogP contribution < -0.4 is 10.3 Å². The molecule has 0 amide bonds. The molecule has 0 unspecified atom stereocenters. The Morgan fingerprint density at radius 1 is 1.29 bits per heavy atom. The van der Waals surface area contributed by atoms with Crippen molar-refractivity contribution in [2.75, 3.05) is 4.72 Å². The summed E-state index contributed by atoms with van der Waals surface area (Å²) in [5, 5.41) is 14.2. The molecule has 2 rings (SSSR count). The lowest BCUT2D eigenvalue weighted by molar-refractivity contribution is 0.0696. The highest BCUT2D eigenvalue weighted by atomic mass is 32.2. The van der Waals surface area contributed by atoms with E-state index in [-0.39, 0.29) is 11.4 Å². The first kappa shape index (κ1) is 14.7. The minimum atomic E-state index is -4.39. The first-order valence-corrected chi connectivity index (χ1v) is 6.89. The van der Waals surface area contributed by atoms with E-state index in [9.17, 15) is 22.4 Å². The number of carboxylic acids is 1. The lowest BCUT2D eigenvalue weighted by Crippen LogP contribution is -2.18. The Balaban J connectivity index is 2.44. The van der Waals surface area contributed by atoms with Crippen molar-refractivity contribution in [3.63, 3.8) is 0 Å². The van der Waals surface area contributed by atoms with Crippen molar-refractivity contribution in [1.82, 2.24) is 10.2 Å². The molecule has 0 aliphatic carbocycles. The number of nitrogens with one attached hydrogen (secondary N) is 2. The lowest BCUT2D eigenvalue weighted by Gasteiger charge is -2.08. The summed E-state index contributed by atoms with van der Waals surface area (Å²) in [5.74, 6) is -2.75. The second-order valence-electron chi connectivity index (χ2n) is 3.86. The molecule has 0 bridgehead atoms. The van der Waals surface area contributed by atoms with Gasteiger partial charge in [-0.15, -0.1) is 0 Å². The standard InChI is InChI=1S/C11H8FN3O5S/c12-7-2-1-6(11(17)18)5-8(7)21(19,20)15-9-3-4-10(16)14-13-9/h1-5H,(H,13,15)(H,14,16)(H,17,18). The van der Waals surface area contributed by atoms with Gasteiger partial charge >= 0.3 is 5.97 Å². The summed E-state index contributed by atoms with van der Waals surface area (Å²) in [7, 11) is -4.39. The van der Waals surface area contributed by atoms with Crippen LogP contribution in [0.3, 0.4) is 0 Å². The van der Waals surface area contributed by atoms with E-state index in [4.69, 9.17) is 5.11 Å². The Labute approximate surface area is 117 Å². The van der Waals surface area contributed by atoms with Crippen molar-refractivity contribution >= 4 is 21.8 Å². The maximum Gasteiger partial charge on any atom is 0.335 e. The van der Waals surface area contributed by atoms with Gasteiger partial charge in [0.05, 0.1) is 5.56 Å². The van der Waals surface area contributed by atoms with Gasteiger partial charge in [0.2, 0.25) is 0 Å². The molecule has 0 aliphatic heterocycles. The van der Waals surface area contributed by atoms with Crippen LogP contribution in [0, 0.1) is 5.82 Å². The van der Waals surface area contributed by atoms with Gasteiger partial charge in [-0.25, -0.2) is 22.7 Å². The topological polar surface area (TPSA) is 129 Å². The number of nitrogens with zero attached hydrogens (tertiary/aromatic N) is 1. The molecule has 2 aromatic rings. The predicted molar refractivity (Wildman–Crippen MR) is 69.0 cm³/mol. The highest BCUT2D eigenvalue weighted by Crippen LogP contribution is 2.19. The summed E-state index contributed by atoms with van der Waals surface area (Å²) in [5.41, 5.74) is -0.928. The van der Waals surface area contributed by atoms with Crippen molar-refractivity contribution in [3.8, 4) is 0 Å². The van der Waals surface area contributed by atoms with E-state index in [1.165, 1.54) is 0 Å². The van der Waals surface area contributed by atoms with E-state index >= 15 is 0 Å². The van der Waals surface area contributed by atoms with Gasteiger partial charge in [0.1, 0.15) is 10.7 Å². The first-order chi connectivity index (χ1) is 9.79. The molecule has 0 radical (unpaired) electrons. The summed E-state index contributed by atoms with van der Waals surface area (Å²) >= 11 is 0. The number of benzene rings is 1. The average Bonchev–Trinajstić information content (AvgIpc) is 2.41. The number of sulfonamides is 1. The van der Waals surface area contributed by atoms with Gasteiger partial charge < -0.3 is 5.11 Å². The third-order valence-corrected chi connectivity index (χ3v) is 3.76. The lowest BCUT2D eigenvalue weighted by atomic mass is 10.2. The molecular weight excluding hydrogens is 305 g/mol. The largest absolute Gasteiger partial charge is 0.478 e. The SMILES string of the molecule is O=C(O)c1ccc(F)c(S(=O)(=O)Nc2ccc(=O)[nH]n2)c1. The van der Waals surface area contributed by atoms with Crippen molar-refractivity contribution in [3.05, 3.63) is 52.1 Å². The van der Waals surface area contributed by atoms with Crippen molar-refractivity contribution in [2.45, 2.75) is 4.90 Å². The third kappa shape index (κ3) is 3.23. The molecule has 3 N–H and O–H groups in total. The van der Waals surface area contributed by atoms with E-state index in [2.05, 4.69) is 5.10 Å². The van der Waals surface area contributed by atoms with Gasteiger partial charge in [-0.05, 0) is 24.3 Å². The minimum Gasteiger partial charge on any atom is -0.478 e. The van der Waals surface area contributed by atoms with E-state index in [1.807, 2.05) is 9.82 Å². The second kappa shape index (κ2) is 5.32. The van der Waals surface area contributed by atoms with Crippen LogP contribution in [-0.2, 0) is 10.0 Å². The second-order valence-corrected chi connectivity index (χ2v) is 5.51. The number of anilines is 1. The molecule has 1 aromatic carbocycles. The fraction of sp³-hybridized carbons (Fsp3) is 0. The van der Waals surface area contributed by atoms with Gasteiger partial charge in [-0.3, -0.25) is 9.52 Å². The van der Waals surface area contributed by atoms with Crippen molar-refractivity contribution < 1.29 is 22.7 Å². The number of rotatable bonds is 4. The summed E-state index contributed by atoms with van der Waals surface area (Å²) in [6, 6.07) is 4.46. The van der Waals surface area contributed by atoms with Crippen LogP contribution in [0.15, 0.2) is 40.0 Å². The number of aromatic nitrogens is 2. The Morgan fingerprint density at radius 2 is 2.00 bits per heavy atom. The Morgan fingerprint density at radius 3 is 2.57 bits per heavy atom. The predicted octanol–water partition coefficient (Wildman–Crippen LogP) is 0.408. The van der Waals surface area contributed by atoms with E-state index < -0.39 is 32.3 Å². The molecular formula is C11H8FN3O5S. The quantitative estimate of drug-likeness (QED) is 0.749. The zero-order valence-corrected chi connectivity index (χ0v) is 11.0. The van der Waals surface area contributed by atoms with Crippen LogP contribution in [0.25, 0.3) is 0 Å². The van der Waals surface area contributed by atoms with Crippen LogP contribution >= 0.6 is 0 Å². The average molecular weight is 313 g/mol. The van der Waals surface area contributed by atoms with Crippen LogP contribution in [0.2, 0.25) is 0 Å². The number of aromatic amines is 1. The number of halogens is 1. The number of carbonyl (C=O) groups is 1. The molecule has 0 saturated carbocycles. The van der Waals surface area contributed by atoms with Crippen molar-refractivity contribution in [2.24, 2.45) is 0 Å². The summed E-state index contributed by atoms with van der Waals surface area (Å²) < 4.78 is 39.5. The van der Waals surface area contributed by atoms with E-state index in [0.717, 1.165) is 24.3 Å². The molecule has 0 fully saturated rings. The first-order valence-electron chi connectivity index (χ1n) is 5.41. The molecule has 0 spiro atoms. The van der Waals surface area contributed by atoms with Crippen LogP contribution in [0.5, 0.6) is 0 Å². The Kier molecular flexibility index (Phi) is 3.72. The molecule has 1 heterocycles. The fourth-order valence-corrected chi connectivity index (χ4v) is 2.54. The molecule has 0 aliphatic rings. The van der Waals surface area contributed by atoms with Gasteiger partial charge in [0.25, 0.3) is 15.6 Å². The number of hydrogen-bond donors (Lipinski definition) is 3. The molecule has 0 saturated heterocycles. The molecule has 1 aromatic heterocycles. The monoisotopic (exact) mass is 313 g/mol. The highest BCUT2D eigenvalue weighted by Gasteiger charge is 2.21. The number of aromatic carboxylic acids is 1. The molecule has 10 heteroatoms. The normalized spacial score (nSPS) is 11.1. The van der Waals surface area contributed by atoms with Gasteiger partial charge in [-0.2, -0.15) is 5.10 Å². The molecule has 110 valence electrons. The molecule has 0 atom stereocenters. The van der Waals surface area contributed by atoms with Crippen molar-refractivity contribution in [1.29, 1.82) is 0 Å². The number of H-pyrrole nitrogens is 1. The number of carboxylic acid groups (broad SMARTS) is 1. The Bertz CT molecular complexity index is 842. The Hall–Kier alpha value is -2.75. The summed E-state index contributed by atoms with van der Waals surface area (Å²) in [6.45, 7) is 0. The molecule has 8 nitrogen and oxygen atoms in total. The van der Waals surface area contributed by atoms with E-state index in [0.29, 0.717) is 6.07 Å². The van der Waals surface area contributed by atoms with Crippen LogP contribution in [0.1, 0.15) is 10.4 Å². The van der Waals surface area contributed by atoms with Gasteiger partial charge in [0, 0.05) is 6.07 Å². The maximum atomic E-state index is 13.6. The highest BCUT2D eigenvalue weighted by molar-refractivity contribution is 7.92. The third-order valence-electron chi connectivity index (χ3n) is 2.39. The summed E-state index contributed by atoms with van der Waals surface area (Å²) in [6.07, 6.45) is 0. The van der Waals surface area contributed by atoms with Gasteiger partial charge in [-0.1, -0.05) is 0 Å².